The Balaban J connectivity index is 1.92. The third-order valence-electron chi connectivity index (χ3n) is 3.48. The highest BCUT2D eigenvalue weighted by Crippen LogP contribution is 2.16. The zero-order chi connectivity index (χ0) is 16.1. The number of benzene rings is 1. The number of anilines is 1. The Morgan fingerprint density at radius 3 is 2.73 bits per heavy atom. The zero-order valence-electron chi connectivity index (χ0n) is 12.9. The first-order valence-corrected chi connectivity index (χ1v) is 8.40. The van der Waals surface area contributed by atoms with Crippen LogP contribution < -0.4 is 15.5 Å². The fourth-order valence-electron chi connectivity index (χ4n) is 2.12. The zero-order valence-corrected chi connectivity index (χ0v) is 14.6. The molecule has 0 bridgehead atoms. The van der Waals surface area contributed by atoms with E-state index in [-0.39, 0.29) is 5.82 Å². The summed E-state index contributed by atoms with van der Waals surface area (Å²) >= 11 is 7.04. The van der Waals surface area contributed by atoms with Crippen molar-refractivity contribution in [2.45, 2.75) is 13.0 Å². The minimum atomic E-state index is -0.234. The van der Waals surface area contributed by atoms with Gasteiger partial charge in [-0.25, -0.2) is 4.39 Å². The van der Waals surface area contributed by atoms with Gasteiger partial charge in [0.25, 0.3) is 0 Å². The van der Waals surface area contributed by atoms with Crippen LogP contribution >= 0.6 is 23.6 Å². The van der Waals surface area contributed by atoms with E-state index < -0.39 is 0 Å². The maximum atomic E-state index is 13.5. The summed E-state index contributed by atoms with van der Waals surface area (Å²) in [6, 6.07) is 9.53. The van der Waals surface area contributed by atoms with Crippen molar-refractivity contribution in [2.75, 3.05) is 26.0 Å². The van der Waals surface area contributed by atoms with E-state index in [0.717, 1.165) is 6.54 Å². The Morgan fingerprint density at radius 2 is 2.14 bits per heavy atom. The van der Waals surface area contributed by atoms with Crippen molar-refractivity contribution in [3.63, 3.8) is 0 Å². The highest BCUT2D eigenvalue weighted by atomic mass is 32.1. The lowest BCUT2D eigenvalue weighted by Crippen LogP contribution is -3.06. The first-order valence-electron chi connectivity index (χ1n) is 7.12. The van der Waals surface area contributed by atoms with E-state index in [0.29, 0.717) is 22.4 Å². The summed E-state index contributed by atoms with van der Waals surface area (Å²) in [7, 11) is 4.25. The van der Waals surface area contributed by atoms with E-state index in [4.69, 9.17) is 12.2 Å². The number of hydrogen-bond donors (Lipinski definition) is 3. The Morgan fingerprint density at radius 1 is 1.36 bits per heavy atom. The van der Waals surface area contributed by atoms with Gasteiger partial charge in [-0.3, -0.25) is 0 Å². The number of rotatable bonds is 5. The van der Waals surface area contributed by atoms with Gasteiger partial charge in [0.1, 0.15) is 11.9 Å². The summed E-state index contributed by atoms with van der Waals surface area (Å²) in [6.45, 7) is 2.46. The molecule has 1 aromatic heterocycles. The number of quaternary nitrogens is 1. The van der Waals surface area contributed by atoms with E-state index in [1.54, 1.807) is 24.3 Å². The third-order valence-corrected chi connectivity index (χ3v) is 4.71. The second kappa shape index (κ2) is 7.67. The van der Waals surface area contributed by atoms with Crippen molar-refractivity contribution in [3.05, 3.63) is 52.0 Å². The molecule has 0 amide bonds. The lowest BCUT2D eigenvalue weighted by molar-refractivity contribution is -0.890. The summed E-state index contributed by atoms with van der Waals surface area (Å²) in [6.07, 6.45) is 0. The molecular formula is C16H21FN3S2+. The molecule has 0 fully saturated rings. The molecule has 1 aromatic carbocycles. The van der Waals surface area contributed by atoms with Gasteiger partial charge in [0.2, 0.25) is 0 Å². The van der Waals surface area contributed by atoms with Gasteiger partial charge in [0.05, 0.1) is 25.5 Å². The average molecular weight is 338 g/mol. The standard InChI is InChI=1S/C16H20FN3S2/c1-11-6-7-12(9-13(11)17)19-16(21)18-10-14(20(2)3)15-5-4-8-22-15/h4-9,14H,10H2,1-3H3,(H2,18,19,21)/p+1/t14-/m0/s1. The number of aryl methyl sites for hydroxylation is 1. The Labute approximate surface area is 140 Å². The van der Waals surface area contributed by atoms with E-state index in [9.17, 15) is 4.39 Å². The smallest absolute Gasteiger partial charge is 0.171 e. The van der Waals surface area contributed by atoms with E-state index in [2.05, 4.69) is 42.2 Å². The highest BCUT2D eigenvalue weighted by molar-refractivity contribution is 7.80. The average Bonchev–Trinajstić information content (AvgIpc) is 2.97. The number of nitrogens with one attached hydrogen (secondary N) is 3. The Bertz CT molecular complexity index is 626. The van der Waals surface area contributed by atoms with Crippen LogP contribution in [0.25, 0.3) is 0 Å². The summed E-state index contributed by atoms with van der Waals surface area (Å²) in [5, 5.41) is 8.83. The topological polar surface area (TPSA) is 28.5 Å². The molecule has 1 atom stereocenters. The van der Waals surface area contributed by atoms with Crippen LogP contribution in [-0.2, 0) is 0 Å². The third kappa shape index (κ3) is 4.50. The van der Waals surface area contributed by atoms with Crippen molar-refractivity contribution >= 4 is 34.4 Å². The van der Waals surface area contributed by atoms with Gasteiger partial charge in [0, 0.05) is 5.69 Å². The minimum Gasteiger partial charge on any atom is -0.356 e. The predicted molar refractivity (Wildman–Crippen MR) is 95.2 cm³/mol. The lowest BCUT2D eigenvalue weighted by atomic mass is 10.2. The van der Waals surface area contributed by atoms with Crippen LogP contribution in [0.3, 0.4) is 0 Å². The quantitative estimate of drug-likeness (QED) is 0.731. The van der Waals surface area contributed by atoms with Crippen LogP contribution in [0.4, 0.5) is 10.1 Å². The SMILES string of the molecule is Cc1ccc(NC(=S)NC[C@@H](c2cccs2)[NH+](C)C)cc1F. The van der Waals surface area contributed by atoms with Gasteiger partial charge in [-0.15, -0.1) is 11.3 Å². The highest BCUT2D eigenvalue weighted by Gasteiger charge is 2.18. The van der Waals surface area contributed by atoms with Gasteiger partial charge in [0.15, 0.2) is 5.11 Å². The van der Waals surface area contributed by atoms with Gasteiger partial charge in [-0.2, -0.15) is 0 Å². The molecule has 0 saturated carbocycles. The number of thiocarbonyl (C=S) groups is 1. The van der Waals surface area contributed by atoms with Gasteiger partial charge >= 0.3 is 0 Å². The lowest BCUT2D eigenvalue weighted by Gasteiger charge is -2.21. The van der Waals surface area contributed by atoms with E-state index in [1.807, 2.05) is 6.07 Å². The molecule has 3 N–H and O–H groups in total. The number of likely N-dealkylation sites (N-methyl/N-ethyl adjacent to an activating group) is 1. The Kier molecular flexibility index (Phi) is 5.88. The maximum Gasteiger partial charge on any atom is 0.171 e. The van der Waals surface area contributed by atoms with Crippen molar-refractivity contribution in [2.24, 2.45) is 0 Å². The van der Waals surface area contributed by atoms with Crippen LogP contribution in [0.1, 0.15) is 16.5 Å². The monoisotopic (exact) mass is 338 g/mol. The maximum absolute atomic E-state index is 13.5. The molecule has 0 unspecified atom stereocenters. The first kappa shape index (κ1) is 16.9. The summed E-state index contributed by atoms with van der Waals surface area (Å²) in [5.41, 5.74) is 1.28. The molecule has 22 heavy (non-hydrogen) atoms. The molecule has 0 saturated heterocycles. The molecule has 1 heterocycles. The molecule has 0 aliphatic rings. The van der Waals surface area contributed by atoms with Gasteiger partial charge in [-0.1, -0.05) is 12.1 Å². The largest absolute Gasteiger partial charge is 0.356 e. The van der Waals surface area contributed by atoms with Crippen molar-refractivity contribution in [1.82, 2.24) is 5.32 Å². The molecule has 3 nitrogen and oxygen atoms in total. The molecule has 0 spiro atoms. The van der Waals surface area contributed by atoms with Crippen LogP contribution in [0.2, 0.25) is 0 Å². The fourth-order valence-corrected chi connectivity index (χ4v) is 3.28. The summed E-state index contributed by atoms with van der Waals surface area (Å²) < 4.78 is 13.5. The van der Waals surface area contributed by atoms with Crippen molar-refractivity contribution in [1.29, 1.82) is 0 Å². The Hall–Kier alpha value is -1.50. The predicted octanol–water partition coefficient (Wildman–Crippen LogP) is 2.37. The van der Waals surface area contributed by atoms with Crippen LogP contribution in [-0.4, -0.2) is 25.8 Å². The van der Waals surface area contributed by atoms with Crippen molar-refractivity contribution in [3.8, 4) is 0 Å². The fraction of sp³-hybridized carbons (Fsp3) is 0.312. The molecule has 0 aliphatic heterocycles. The van der Waals surface area contributed by atoms with Crippen LogP contribution in [0.5, 0.6) is 0 Å². The number of halogens is 1. The minimum absolute atomic E-state index is 0.234. The summed E-state index contributed by atoms with van der Waals surface area (Å²) in [4.78, 5) is 2.65. The van der Waals surface area contributed by atoms with Crippen LogP contribution in [0.15, 0.2) is 35.7 Å². The van der Waals surface area contributed by atoms with Gasteiger partial charge < -0.3 is 15.5 Å². The molecule has 0 radical (unpaired) electrons. The van der Waals surface area contributed by atoms with Crippen molar-refractivity contribution < 1.29 is 9.29 Å². The molecule has 2 rings (SSSR count). The molecular weight excluding hydrogens is 317 g/mol. The second-order valence-corrected chi connectivity index (χ2v) is 6.83. The molecule has 2 aromatic rings. The molecule has 118 valence electrons. The number of hydrogen-bond acceptors (Lipinski definition) is 2. The number of thiophene rings is 1. The van der Waals surface area contributed by atoms with Crippen LogP contribution in [0, 0.1) is 12.7 Å². The van der Waals surface area contributed by atoms with E-state index >= 15 is 0 Å². The molecule has 6 heteroatoms. The molecule has 0 aliphatic carbocycles. The van der Waals surface area contributed by atoms with E-state index in [1.165, 1.54) is 15.8 Å². The second-order valence-electron chi connectivity index (χ2n) is 5.44. The van der Waals surface area contributed by atoms with Gasteiger partial charge in [-0.05, 0) is 48.3 Å². The normalized spacial score (nSPS) is 12.2. The first-order chi connectivity index (χ1) is 10.5. The summed E-state index contributed by atoms with van der Waals surface area (Å²) in [5.74, 6) is -0.234.